The van der Waals surface area contributed by atoms with Gasteiger partial charge in [-0.25, -0.2) is 4.79 Å². The summed E-state index contributed by atoms with van der Waals surface area (Å²) < 4.78 is 7.31. The van der Waals surface area contributed by atoms with E-state index in [0.29, 0.717) is 44.6 Å². The largest absolute Gasteiger partial charge is 0.390 e. The van der Waals surface area contributed by atoms with Crippen LogP contribution < -0.4 is 5.69 Å². The number of aryl methyl sites for hydroxylation is 2. The molecule has 0 saturated carbocycles. The highest BCUT2D eigenvalue weighted by molar-refractivity contribution is 5.76. The zero-order valence-electron chi connectivity index (χ0n) is 15.3. The van der Waals surface area contributed by atoms with Crippen molar-refractivity contribution in [1.82, 2.24) is 14.5 Å². The number of ether oxygens (including phenoxy) is 1. The van der Waals surface area contributed by atoms with Crippen molar-refractivity contribution in [2.24, 2.45) is 0 Å². The molecule has 3 heterocycles. The number of piperidine rings is 1. The van der Waals surface area contributed by atoms with E-state index in [-0.39, 0.29) is 24.6 Å². The Bertz CT molecular complexity index is 724. The van der Waals surface area contributed by atoms with Crippen LogP contribution in [0.5, 0.6) is 0 Å². The molecule has 8 heteroatoms. The standard InChI is InChI=1S/C18H27N3O5/c1-12-9-13(2)21(17(25)19-12)6-3-16(24)20-7-4-18(5-8-20)10-14(22)15(23)11-26-18/h9,14-15,22-23H,3-8,10-11H2,1-2H3/t14-,15+/m1/s1. The molecule has 0 radical (unpaired) electrons. The first-order chi connectivity index (χ1) is 12.3. The summed E-state index contributed by atoms with van der Waals surface area (Å²) in [5, 5.41) is 19.5. The van der Waals surface area contributed by atoms with Crippen LogP contribution in [0.1, 0.15) is 37.1 Å². The highest BCUT2D eigenvalue weighted by Gasteiger charge is 2.43. The molecule has 26 heavy (non-hydrogen) atoms. The molecular formula is C18H27N3O5. The third kappa shape index (κ3) is 3.97. The highest BCUT2D eigenvalue weighted by Crippen LogP contribution is 2.35. The lowest BCUT2D eigenvalue weighted by Crippen LogP contribution is -2.55. The lowest BCUT2D eigenvalue weighted by molar-refractivity contribution is -0.188. The van der Waals surface area contributed by atoms with Crippen molar-refractivity contribution in [3.8, 4) is 0 Å². The summed E-state index contributed by atoms with van der Waals surface area (Å²) in [5.41, 5.74) is 0.715. The SMILES string of the molecule is Cc1cc(C)n(CCC(=O)N2CCC3(CC2)C[C@@H](O)[C@@H](O)CO3)c(=O)n1. The fourth-order valence-electron chi connectivity index (χ4n) is 3.87. The van der Waals surface area contributed by atoms with E-state index in [4.69, 9.17) is 4.74 Å². The molecule has 2 aliphatic rings. The topological polar surface area (TPSA) is 105 Å². The smallest absolute Gasteiger partial charge is 0.347 e. The molecule has 1 aromatic rings. The number of aromatic nitrogens is 2. The third-order valence-electron chi connectivity index (χ3n) is 5.51. The number of aliphatic hydroxyl groups excluding tert-OH is 2. The molecule has 144 valence electrons. The van der Waals surface area contributed by atoms with Crippen molar-refractivity contribution in [3.05, 3.63) is 27.9 Å². The van der Waals surface area contributed by atoms with Crippen LogP contribution in [-0.4, -0.2) is 68.1 Å². The van der Waals surface area contributed by atoms with Gasteiger partial charge in [0.1, 0.15) is 6.10 Å². The van der Waals surface area contributed by atoms with Crippen LogP contribution >= 0.6 is 0 Å². The number of amides is 1. The number of nitrogens with zero attached hydrogens (tertiary/aromatic N) is 3. The molecule has 0 aromatic carbocycles. The summed E-state index contributed by atoms with van der Waals surface area (Å²) in [6.07, 6.45) is 0.349. The normalized spacial score (nSPS) is 25.5. The molecule has 0 unspecified atom stereocenters. The van der Waals surface area contributed by atoms with Gasteiger partial charge in [0, 0.05) is 43.9 Å². The summed E-state index contributed by atoms with van der Waals surface area (Å²) in [6.45, 7) is 5.18. The number of carbonyl (C=O) groups is 1. The number of aliphatic hydroxyl groups is 2. The Morgan fingerprint density at radius 2 is 2.00 bits per heavy atom. The van der Waals surface area contributed by atoms with Crippen LogP contribution in [0.25, 0.3) is 0 Å². The second kappa shape index (κ2) is 7.46. The van der Waals surface area contributed by atoms with E-state index in [1.165, 1.54) is 4.57 Å². The maximum absolute atomic E-state index is 12.5. The molecule has 2 N–H and O–H groups in total. The molecule has 0 aliphatic carbocycles. The van der Waals surface area contributed by atoms with E-state index in [9.17, 15) is 19.8 Å². The predicted molar refractivity (Wildman–Crippen MR) is 93.7 cm³/mol. The van der Waals surface area contributed by atoms with Crippen LogP contribution in [0.3, 0.4) is 0 Å². The van der Waals surface area contributed by atoms with Crippen molar-refractivity contribution in [2.45, 2.75) is 63.9 Å². The van der Waals surface area contributed by atoms with E-state index in [1.807, 2.05) is 13.0 Å². The first kappa shape index (κ1) is 19.0. The van der Waals surface area contributed by atoms with Gasteiger partial charge in [-0.1, -0.05) is 0 Å². The summed E-state index contributed by atoms with van der Waals surface area (Å²) in [4.78, 5) is 30.2. The second-order valence-electron chi connectivity index (χ2n) is 7.44. The van der Waals surface area contributed by atoms with Gasteiger partial charge >= 0.3 is 5.69 Å². The fourth-order valence-corrected chi connectivity index (χ4v) is 3.87. The Morgan fingerprint density at radius 3 is 2.62 bits per heavy atom. The van der Waals surface area contributed by atoms with Gasteiger partial charge in [-0.05, 0) is 32.8 Å². The minimum atomic E-state index is -0.829. The summed E-state index contributed by atoms with van der Waals surface area (Å²) in [5.74, 6) is 0.00289. The average Bonchev–Trinajstić information content (AvgIpc) is 2.58. The number of hydrogen-bond acceptors (Lipinski definition) is 6. The summed E-state index contributed by atoms with van der Waals surface area (Å²) in [7, 11) is 0. The van der Waals surface area contributed by atoms with Crippen molar-refractivity contribution in [3.63, 3.8) is 0 Å². The zero-order valence-corrected chi connectivity index (χ0v) is 15.3. The minimum absolute atomic E-state index is 0.00289. The van der Waals surface area contributed by atoms with Crippen molar-refractivity contribution < 1.29 is 19.7 Å². The third-order valence-corrected chi connectivity index (χ3v) is 5.51. The number of rotatable bonds is 3. The number of likely N-dealkylation sites (tertiary alicyclic amines) is 1. The molecule has 2 atom stereocenters. The maximum Gasteiger partial charge on any atom is 0.347 e. The fraction of sp³-hybridized carbons (Fsp3) is 0.722. The Kier molecular flexibility index (Phi) is 5.45. The van der Waals surface area contributed by atoms with E-state index in [2.05, 4.69) is 4.98 Å². The van der Waals surface area contributed by atoms with Crippen molar-refractivity contribution in [1.29, 1.82) is 0 Å². The molecule has 2 saturated heterocycles. The molecule has 8 nitrogen and oxygen atoms in total. The van der Waals surface area contributed by atoms with Crippen LogP contribution in [-0.2, 0) is 16.1 Å². The quantitative estimate of drug-likeness (QED) is 0.766. The first-order valence-electron chi connectivity index (χ1n) is 9.13. The van der Waals surface area contributed by atoms with Gasteiger partial charge in [0.2, 0.25) is 5.91 Å². The zero-order chi connectivity index (χ0) is 18.9. The minimum Gasteiger partial charge on any atom is -0.390 e. The molecule has 2 aliphatic heterocycles. The van der Waals surface area contributed by atoms with Crippen molar-refractivity contribution >= 4 is 5.91 Å². The molecular weight excluding hydrogens is 338 g/mol. The Morgan fingerprint density at radius 1 is 1.31 bits per heavy atom. The average molecular weight is 365 g/mol. The molecule has 2 fully saturated rings. The van der Waals surface area contributed by atoms with Gasteiger partial charge in [0.05, 0.1) is 18.3 Å². The van der Waals surface area contributed by atoms with Crippen LogP contribution in [0.15, 0.2) is 10.9 Å². The first-order valence-corrected chi connectivity index (χ1v) is 9.13. The Balaban J connectivity index is 1.54. The monoisotopic (exact) mass is 365 g/mol. The van der Waals surface area contributed by atoms with Gasteiger partial charge < -0.3 is 19.8 Å². The molecule has 1 amide bonds. The van der Waals surface area contributed by atoms with E-state index in [0.717, 1.165) is 5.69 Å². The molecule has 1 spiro atoms. The number of hydrogen-bond donors (Lipinski definition) is 2. The van der Waals surface area contributed by atoms with Gasteiger partial charge in [-0.15, -0.1) is 0 Å². The van der Waals surface area contributed by atoms with E-state index < -0.39 is 17.8 Å². The van der Waals surface area contributed by atoms with E-state index >= 15 is 0 Å². The van der Waals surface area contributed by atoms with E-state index in [1.54, 1.807) is 11.8 Å². The number of carbonyl (C=O) groups excluding carboxylic acids is 1. The lowest BCUT2D eigenvalue weighted by atomic mass is 9.82. The maximum atomic E-state index is 12.5. The Hall–Kier alpha value is -1.77. The summed E-state index contributed by atoms with van der Waals surface area (Å²) in [6, 6.07) is 1.83. The van der Waals surface area contributed by atoms with Gasteiger partial charge in [-0.3, -0.25) is 9.36 Å². The second-order valence-corrected chi connectivity index (χ2v) is 7.44. The van der Waals surface area contributed by atoms with Crippen LogP contribution in [0, 0.1) is 13.8 Å². The predicted octanol–water partition coefficient (Wildman–Crippen LogP) is -0.246. The van der Waals surface area contributed by atoms with Crippen LogP contribution in [0.2, 0.25) is 0 Å². The summed E-state index contributed by atoms with van der Waals surface area (Å²) >= 11 is 0. The lowest BCUT2D eigenvalue weighted by Gasteiger charge is -2.46. The molecule has 0 bridgehead atoms. The molecule has 3 rings (SSSR count). The molecule has 1 aromatic heterocycles. The highest BCUT2D eigenvalue weighted by atomic mass is 16.5. The Labute approximate surface area is 152 Å². The van der Waals surface area contributed by atoms with Gasteiger partial charge in [0.25, 0.3) is 0 Å². The van der Waals surface area contributed by atoms with Crippen LogP contribution in [0.4, 0.5) is 0 Å². The van der Waals surface area contributed by atoms with Gasteiger partial charge in [-0.2, -0.15) is 4.98 Å². The van der Waals surface area contributed by atoms with Gasteiger partial charge in [0.15, 0.2) is 0 Å². The van der Waals surface area contributed by atoms with Crippen molar-refractivity contribution in [2.75, 3.05) is 19.7 Å².